The smallest absolute Gasteiger partial charge is 0.407 e. The van der Waals surface area contributed by atoms with E-state index < -0.39 is 6.09 Å². The maximum atomic E-state index is 10.8. The van der Waals surface area contributed by atoms with Gasteiger partial charge in [-0.15, -0.1) is 0 Å². The highest BCUT2D eigenvalue weighted by Gasteiger charge is 2.54. The van der Waals surface area contributed by atoms with Gasteiger partial charge in [0, 0.05) is 18.5 Å². The van der Waals surface area contributed by atoms with E-state index in [2.05, 4.69) is 55.2 Å². The van der Waals surface area contributed by atoms with E-state index in [1.807, 2.05) is 0 Å². The van der Waals surface area contributed by atoms with E-state index in [-0.39, 0.29) is 5.41 Å². The topological polar surface area (TPSA) is 58.4 Å². The standard InChI is InChI=1S/C11H13BrIN3O2/c1-6-8(12)9(13)14-16(6)7-2-11(3-7)4-15(5-11)10(17)18/h7H,2-5H2,1H3,(H,17,18). The van der Waals surface area contributed by atoms with E-state index in [1.54, 1.807) is 0 Å². The van der Waals surface area contributed by atoms with Crippen LogP contribution in [0.1, 0.15) is 24.6 Å². The molecule has 3 rings (SSSR count). The molecule has 2 heterocycles. The molecule has 0 aromatic carbocycles. The predicted octanol–water partition coefficient (Wildman–Crippen LogP) is 2.87. The zero-order valence-electron chi connectivity index (χ0n) is 9.86. The lowest BCUT2D eigenvalue weighted by Crippen LogP contribution is -2.63. The first-order valence-electron chi connectivity index (χ1n) is 5.80. The van der Waals surface area contributed by atoms with Gasteiger partial charge < -0.3 is 10.0 Å². The van der Waals surface area contributed by atoms with Crippen LogP contribution in [0.5, 0.6) is 0 Å². The summed E-state index contributed by atoms with van der Waals surface area (Å²) in [6, 6.07) is 0.431. The van der Waals surface area contributed by atoms with E-state index >= 15 is 0 Å². The summed E-state index contributed by atoms with van der Waals surface area (Å²) in [6.07, 6.45) is 1.29. The maximum Gasteiger partial charge on any atom is 0.407 e. The molecule has 0 bridgehead atoms. The van der Waals surface area contributed by atoms with Crippen molar-refractivity contribution in [2.24, 2.45) is 5.41 Å². The summed E-state index contributed by atoms with van der Waals surface area (Å²) in [5.74, 6) is 0. The Hall–Kier alpha value is -0.310. The van der Waals surface area contributed by atoms with Gasteiger partial charge in [0.15, 0.2) is 0 Å². The molecular weight excluding hydrogens is 413 g/mol. The van der Waals surface area contributed by atoms with Crippen molar-refractivity contribution in [2.45, 2.75) is 25.8 Å². The molecule has 1 aromatic rings. The third-order valence-electron chi connectivity index (χ3n) is 4.04. The maximum absolute atomic E-state index is 10.8. The summed E-state index contributed by atoms with van der Waals surface area (Å²) in [6.45, 7) is 3.45. The van der Waals surface area contributed by atoms with Crippen molar-refractivity contribution < 1.29 is 9.90 Å². The second kappa shape index (κ2) is 4.09. The summed E-state index contributed by atoms with van der Waals surface area (Å²) >= 11 is 5.76. The van der Waals surface area contributed by atoms with Gasteiger partial charge in [-0.1, -0.05) is 0 Å². The minimum absolute atomic E-state index is 0.235. The number of likely N-dealkylation sites (tertiary alicyclic amines) is 1. The summed E-state index contributed by atoms with van der Waals surface area (Å²) in [4.78, 5) is 12.3. The fraction of sp³-hybridized carbons (Fsp3) is 0.636. The number of carbonyl (C=O) groups is 1. The molecule has 0 radical (unpaired) electrons. The zero-order valence-corrected chi connectivity index (χ0v) is 13.6. The first-order valence-corrected chi connectivity index (χ1v) is 7.67. The number of aromatic nitrogens is 2. The molecule has 1 saturated heterocycles. The Morgan fingerprint density at radius 2 is 2.17 bits per heavy atom. The molecular formula is C11H13BrIN3O2. The lowest BCUT2D eigenvalue weighted by atomic mass is 9.61. The van der Waals surface area contributed by atoms with Crippen molar-refractivity contribution in [3.8, 4) is 0 Å². The lowest BCUT2D eigenvalue weighted by molar-refractivity contribution is -0.0776. The molecule has 1 aromatic heterocycles. The number of carboxylic acid groups (broad SMARTS) is 1. The van der Waals surface area contributed by atoms with Crippen molar-refractivity contribution in [3.63, 3.8) is 0 Å². The van der Waals surface area contributed by atoms with Crippen LogP contribution in [-0.4, -0.2) is 39.0 Å². The van der Waals surface area contributed by atoms with Crippen LogP contribution in [0.4, 0.5) is 4.79 Å². The SMILES string of the molecule is Cc1c(Br)c(I)nn1C1CC2(C1)CN(C(=O)O)C2. The monoisotopic (exact) mass is 425 g/mol. The normalized spacial score (nSPS) is 21.8. The number of halogens is 2. The molecule has 0 unspecified atom stereocenters. The van der Waals surface area contributed by atoms with Crippen molar-refractivity contribution in [3.05, 3.63) is 13.9 Å². The van der Waals surface area contributed by atoms with Gasteiger partial charge in [-0.3, -0.25) is 4.68 Å². The molecule has 2 fully saturated rings. The van der Waals surface area contributed by atoms with Crippen LogP contribution in [0.2, 0.25) is 0 Å². The molecule has 98 valence electrons. The minimum atomic E-state index is -0.795. The summed E-state index contributed by atoms with van der Waals surface area (Å²) in [7, 11) is 0. The summed E-state index contributed by atoms with van der Waals surface area (Å²) < 4.78 is 4.15. The second-order valence-corrected chi connectivity index (χ2v) is 7.15. The molecule has 1 amide bonds. The molecule has 7 heteroatoms. The first-order chi connectivity index (χ1) is 8.42. The molecule has 2 aliphatic rings. The number of hydrogen-bond acceptors (Lipinski definition) is 2. The summed E-state index contributed by atoms with van der Waals surface area (Å²) in [5, 5.41) is 13.4. The van der Waals surface area contributed by atoms with E-state index in [4.69, 9.17) is 5.11 Å². The van der Waals surface area contributed by atoms with Gasteiger partial charge in [0.05, 0.1) is 16.2 Å². The predicted molar refractivity (Wildman–Crippen MR) is 77.7 cm³/mol. The van der Waals surface area contributed by atoms with Crippen molar-refractivity contribution in [1.82, 2.24) is 14.7 Å². The lowest BCUT2D eigenvalue weighted by Gasteiger charge is -2.58. The number of amides is 1. The number of nitrogens with zero attached hydrogens (tertiary/aromatic N) is 3. The Bertz CT molecular complexity index is 517. The number of hydrogen-bond donors (Lipinski definition) is 1. The molecule has 5 nitrogen and oxygen atoms in total. The highest BCUT2D eigenvalue weighted by Crippen LogP contribution is 2.54. The van der Waals surface area contributed by atoms with Gasteiger partial charge in [0.1, 0.15) is 3.70 Å². The molecule has 1 saturated carbocycles. The van der Waals surface area contributed by atoms with Gasteiger partial charge in [0.2, 0.25) is 0 Å². The highest BCUT2D eigenvalue weighted by atomic mass is 127. The quantitative estimate of drug-likeness (QED) is 0.704. The Morgan fingerprint density at radius 3 is 2.61 bits per heavy atom. The van der Waals surface area contributed by atoms with E-state index in [0.29, 0.717) is 19.1 Å². The molecule has 1 aliphatic heterocycles. The largest absolute Gasteiger partial charge is 0.465 e. The van der Waals surface area contributed by atoms with E-state index in [0.717, 1.165) is 26.7 Å². The molecule has 0 atom stereocenters. The molecule has 1 aliphatic carbocycles. The number of rotatable bonds is 1. The van der Waals surface area contributed by atoms with Gasteiger partial charge in [0.25, 0.3) is 0 Å². The summed E-state index contributed by atoms with van der Waals surface area (Å²) in [5.41, 5.74) is 1.40. The van der Waals surface area contributed by atoms with Gasteiger partial charge >= 0.3 is 6.09 Å². The fourth-order valence-electron chi connectivity index (χ4n) is 3.09. The zero-order chi connectivity index (χ0) is 13.1. The van der Waals surface area contributed by atoms with Crippen LogP contribution < -0.4 is 0 Å². The average Bonchev–Trinajstić information content (AvgIpc) is 2.42. The van der Waals surface area contributed by atoms with Gasteiger partial charge in [-0.25, -0.2) is 4.79 Å². The fourth-order valence-corrected chi connectivity index (χ4v) is 3.97. The Morgan fingerprint density at radius 1 is 1.56 bits per heavy atom. The van der Waals surface area contributed by atoms with E-state index in [9.17, 15) is 4.79 Å². The van der Waals surface area contributed by atoms with Crippen molar-refractivity contribution >= 4 is 44.6 Å². The van der Waals surface area contributed by atoms with Crippen LogP contribution in [0, 0.1) is 16.0 Å². The second-order valence-electron chi connectivity index (χ2n) is 5.34. The van der Waals surface area contributed by atoms with Crippen LogP contribution in [0.25, 0.3) is 0 Å². The van der Waals surface area contributed by atoms with Crippen molar-refractivity contribution in [1.29, 1.82) is 0 Å². The van der Waals surface area contributed by atoms with Crippen LogP contribution in [0.3, 0.4) is 0 Å². The molecule has 18 heavy (non-hydrogen) atoms. The first kappa shape index (κ1) is 12.7. The van der Waals surface area contributed by atoms with Gasteiger partial charge in [-0.2, -0.15) is 5.10 Å². The average molecular weight is 426 g/mol. The molecule has 1 N–H and O–H groups in total. The Balaban J connectivity index is 1.66. The third-order valence-corrected chi connectivity index (χ3v) is 6.49. The Labute approximate surface area is 127 Å². The van der Waals surface area contributed by atoms with E-state index in [1.165, 1.54) is 4.90 Å². The van der Waals surface area contributed by atoms with Gasteiger partial charge in [-0.05, 0) is 58.3 Å². The van der Waals surface area contributed by atoms with Crippen LogP contribution >= 0.6 is 38.5 Å². The van der Waals surface area contributed by atoms with Crippen LogP contribution in [0.15, 0.2) is 4.47 Å². The molecule has 1 spiro atoms. The third kappa shape index (κ3) is 1.77. The highest BCUT2D eigenvalue weighted by molar-refractivity contribution is 14.1. The Kier molecular flexibility index (Phi) is 2.89. The van der Waals surface area contributed by atoms with Crippen molar-refractivity contribution in [2.75, 3.05) is 13.1 Å². The van der Waals surface area contributed by atoms with Crippen LogP contribution in [-0.2, 0) is 0 Å². The minimum Gasteiger partial charge on any atom is -0.465 e.